The second-order valence-corrected chi connectivity index (χ2v) is 12.4. The third-order valence-electron chi connectivity index (χ3n) is 7.39. The average Bonchev–Trinajstić information content (AvgIpc) is 3.40. The predicted molar refractivity (Wildman–Crippen MR) is 142 cm³/mol. The summed E-state index contributed by atoms with van der Waals surface area (Å²) >= 11 is 0. The molecule has 1 N–H and O–H groups in total. The fourth-order valence-corrected chi connectivity index (χ4v) is 6.79. The largest absolute Gasteiger partial charge is 0.434 e. The summed E-state index contributed by atoms with van der Waals surface area (Å²) in [6.07, 6.45) is 4.79. The molecule has 2 bridgehead atoms. The molecular weight excluding hydrogens is 542 g/mol. The molecule has 4 heterocycles. The first-order valence-corrected chi connectivity index (χ1v) is 14.4. The van der Waals surface area contributed by atoms with Crippen molar-refractivity contribution in [1.29, 1.82) is 0 Å². The second-order valence-electron chi connectivity index (χ2n) is 10.6. The Kier molecular flexibility index (Phi) is 5.93. The Hall–Kier alpha value is -3.97. The van der Waals surface area contributed by atoms with Gasteiger partial charge in [-0.2, -0.15) is 8.78 Å². The van der Waals surface area contributed by atoms with E-state index in [2.05, 4.69) is 14.7 Å². The molecule has 0 aliphatic carbocycles. The Balaban J connectivity index is 1.45. The zero-order chi connectivity index (χ0) is 28.6. The molecule has 0 saturated heterocycles. The van der Waals surface area contributed by atoms with Gasteiger partial charge in [-0.25, -0.2) is 28.1 Å². The number of aromatic nitrogens is 4. The minimum Gasteiger partial charge on any atom is -0.434 e. The number of amides is 1. The summed E-state index contributed by atoms with van der Waals surface area (Å²) in [5.74, 6) is 0.686. The van der Waals surface area contributed by atoms with Crippen molar-refractivity contribution < 1.29 is 26.7 Å². The van der Waals surface area contributed by atoms with Crippen LogP contribution in [-0.4, -0.2) is 58.7 Å². The number of hydrogen-bond donors (Lipinski definition) is 1. The summed E-state index contributed by atoms with van der Waals surface area (Å²) in [7, 11) is -1.79. The van der Waals surface area contributed by atoms with Crippen LogP contribution in [0.2, 0.25) is 0 Å². The van der Waals surface area contributed by atoms with Crippen molar-refractivity contribution in [2.75, 3.05) is 13.3 Å². The SMILES string of the molecule is CN1C(=O)c2cccc(OC(F)F)c2[C@H]2C[C@@H]1c1nc3ccc(-c4cnc(C(C)(C)NS(C)(=O)=O)nc4)cc3n12. The summed E-state index contributed by atoms with van der Waals surface area (Å²) in [5.41, 5.74) is 2.68. The molecule has 2 aromatic carbocycles. The van der Waals surface area contributed by atoms with E-state index in [0.717, 1.165) is 17.3 Å². The van der Waals surface area contributed by atoms with E-state index in [1.165, 1.54) is 6.07 Å². The number of nitrogens with one attached hydrogen (secondary N) is 1. The van der Waals surface area contributed by atoms with E-state index in [9.17, 15) is 22.0 Å². The van der Waals surface area contributed by atoms with Crippen LogP contribution in [-0.2, 0) is 15.6 Å². The van der Waals surface area contributed by atoms with Crippen molar-refractivity contribution in [2.24, 2.45) is 0 Å². The monoisotopic (exact) mass is 568 g/mol. The number of fused-ring (bicyclic) bond motifs is 9. The van der Waals surface area contributed by atoms with Crippen molar-refractivity contribution in [3.05, 3.63) is 71.6 Å². The van der Waals surface area contributed by atoms with E-state index < -0.39 is 28.2 Å². The normalized spacial score (nSPS) is 18.7. The standard InChI is InChI=1S/C27H26F2N6O4S/c1-27(2,33-40(4,37)38)25-30-12-15(13-31-25)14-8-9-17-18(10-14)35-19-11-20(23(35)32-17)34(3)24(36)16-6-5-7-21(22(16)19)39-26(28)29/h5-10,12-13,19-20,26,33H,11H2,1-4H3/t19-,20-/m1/s1. The van der Waals surface area contributed by atoms with Gasteiger partial charge in [0.25, 0.3) is 5.91 Å². The van der Waals surface area contributed by atoms with E-state index in [-0.39, 0.29) is 17.7 Å². The van der Waals surface area contributed by atoms with E-state index in [0.29, 0.717) is 40.3 Å². The zero-order valence-electron chi connectivity index (χ0n) is 22.1. The zero-order valence-corrected chi connectivity index (χ0v) is 22.9. The molecule has 40 heavy (non-hydrogen) atoms. The fraction of sp³-hybridized carbons (Fsp3) is 0.333. The highest BCUT2D eigenvalue weighted by molar-refractivity contribution is 7.88. The highest BCUT2D eigenvalue weighted by atomic mass is 32.2. The lowest BCUT2D eigenvalue weighted by Crippen LogP contribution is -2.41. The molecule has 0 unspecified atom stereocenters. The molecule has 10 nitrogen and oxygen atoms in total. The number of imidazole rings is 1. The Labute approximate surface area is 229 Å². The summed E-state index contributed by atoms with van der Waals surface area (Å²) in [4.78, 5) is 28.6. The molecular formula is C27H26F2N6O4S. The Bertz CT molecular complexity index is 1770. The van der Waals surface area contributed by atoms with Crippen LogP contribution in [0.3, 0.4) is 0 Å². The van der Waals surface area contributed by atoms with Crippen LogP contribution in [0.15, 0.2) is 48.8 Å². The van der Waals surface area contributed by atoms with Gasteiger partial charge in [0.1, 0.15) is 17.4 Å². The lowest BCUT2D eigenvalue weighted by molar-refractivity contribution is -0.0507. The van der Waals surface area contributed by atoms with Gasteiger partial charge < -0.3 is 14.2 Å². The molecule has 13 heteroatoms. The molecule has 208 valence electrons. The van der Waals surface area contributed by atoms with Crippen LogP contribution in [0.4, 0.5) is 8.78 Å². The van der Waals surface area contributed by atoms with Gasteiger partial charge in [-0.1, -0.05) is 12.1 Å². The lowest BCUT2D eigenvalue weighted by Gasteiger charge is -2.24. The van der Waals surface area contributed by atoms with Gasteiger partial charge in [0.2, 0.25) is 10.0 Å². The number of ether oxygens (including phenoxy) is 1. The van der Waals surface area contributed by atoms with Crippen LogP contribution >= 0.6 is 0 Å². The lowest BCUT2D eigenvalue weighted by atomic mass is 9.97. The number of nitrogens with zero attached hydrogens (tertiary/aromatic N) is 5. The molecule has 0 saturated carbocycles. The fourth-order valence-electron chi connectivity index (χ4n) is 5.77. The van der Waals surface area contributed by atoms with Gasteiger partial charge in [-0.05, 0) is 43.7 Å². The van der Waals surface area contributed by atoms with Crippen LogP contribution in [0.25, 0.3) is 22.2 Å². The number of sulfonamides is 1. The van der Waals surface area contributed by atoms with Gasteiger partial charge in [-0.3, -0.25) is 4.79 Å². The van der Waals surface area contributed by atoms with E-state index >= 15 is 0 Å². The minimum atomic E-state index is -3.48. The van der Waals surface area contributed by atoms with Crippen molar-refractivity contribution in [3.8, 4) is 16.9 Å². The first-order valence-electron chi connectivity index (χ1n) is 12.5. The topological polar surface area (TPSA) is 119 Å². The molecule has 2 aliphatic heterocycles. The maximum atomic E-state index is 13.3. The summed E-state index contributed by atoms with van der Waals surface area (Å²) in [5, 5.41) is 0. The van der Waals surface area contributed by atoms with E-state index in [1.54, 1.807) is 50.3 Å². The highest BCUT2D eigenvalue weighted by Crippen LogP contribution is 2.50. The molecule has 0 radical (unpaired) electrons. The molecule has 2 aliphatic rings. The van der Waals surface area contributed by atoms with Crippen molar-refractivity contribution in [1.82, 2.24) is 29.1 Å². The number of carbonyl (C=O) groups is 1. The average molecular weight is 569 g/mol. The number of benzene rings is 2. The third kappa shape index (κ3) is 4.29. The van der Waals surface area contributed by atoms with Crippen LogP contribution < -0.4 is 9.46 Å². The molecule has 2 atom stereocenters. The van der Waals surface area contributed by atoms with Gasteiger partial charge in [-0.15, -0.1) is 0 Å². The van der Waals surface area contributed by atoms with Crippen LogP contribution in [0, 0.1) is 0 Å². The maximum absolute atomic E-state index is 13.3. The number of hydrogen-bond acceptors (Lipinski definition) is 7. The van der Waals surface area contributed by atoms with Crippen LogP contribution in [0.5, 0.6) is 5.75 Å². The first-order chi connectivity index (χ1) is 18.8. The van der Waals surface area contributed by atoms with Crippen LogP contribution in [0.1, 0.15) is 59.9 Å². The second kappa shape index (κ2) is 9.03. The summed E-state index contributed by atoms with van der Waals surface area (Å²) in [6, 6.07) is 9.52. The Morgan fingerprint density at radius 1 is 1.10 bits per heavy atom. The Morgan fingerprint density at radius 3 is 2.50 bits per heavy atom. The van der Waals surface area contributed by atoms with Gasteiger partial charge in [0.15, 0.2) is 0 Å². The highest BCUT2D eigenvalue weighted by Gasteiger charge is 2.45. The molecule has 0 spiro atoms. The predicted octanol–water partition coefficient (Wildman–Crippen LogP) is 4.00. The van der Waals surface area contributed by atoms with Crippen molar-refractivity contribution in [3.63, 3.8) is 0 Å². The molecule has 4 aromatic rings. The smallest absolute Gasteiger partial charge is 0.387 e. The van der Waals surface area contributed by atoms with Gasteiger partial charge in [0, 0.05) is 42.6 Å². The van der Waals surface area contributed by atoms with Crippen molar-refractivity contribution >= 4 is 27.0 Å². The molecule has 1 amide bonds. The molecule has 6 rings (SSSR count). The van der Waals surface area contributed by atoms with Crippen molar-refractivity contribution in [2.45, 2.75) is 44.5 Å². The number of rotatable bonds is 6. The molecule has 2 aromatic heterocycles. The first kappa shape index (κ1) is 26.3. The van der Waals surface area contributed by atoms with E-state index in [1.807, 2.05) is 22.8 Å². The minimum absolute atomic E-state index is 0.0277. The van der Waals surface area contributed by atoms with Gasteiger partial charge in [0.05, 0.1) is 34.9 Å². The maximum Gasteiger partial charge on any atom is 0.387 e. The molecule has 0 fully saturated rings. The van der Waals surface area contributed by atoms with E-state index in [4.69, 9.17) is 9.72 Å². The number of alkyl halides is 2. The summed E-state index contributed by atoms with van der Waals surface area (Å²) < 4.78 is 59.6. The third-order valence-corrected chi connectivity index (χ3v) is 8.27. The quantitative estimate of drug-likeness (QED) is 0.373. The number of carbonyl (C=O) groups excluding carboxylic acids is 1. The Morgan fingerprint density at radius 2 is 1.82 bits per heavy atom. The van der Waals surface area contributed by atoms with Gasteiger partial charge >= 0.3 is 6.61 Å². The summed E-state index contributed by atoms with van der Waals surface area (Å²) in [6.45, 7) is 0.319. The number of halogens is 2.